The van der Waals surface area contributed by atoms with E-state index in [9.17, 15) is 0 Å². The third kappa shape index (κ3) is 6.18. The fourth-order valence-electron chi connectivity index (χ4n) is 2.04. The Morgan fingerprint density at radius 3 is 2.76 bits per heavy atom. The van der Waals surface area contributed by atoms with Crippen molar-refractivity contribution in [3.8, 4) is 0 Å². The van der Waals surface area contributed by atoms with E-state index in [1.165, 1.54) is 43.6 Å². The van der Waals surface area contributed by atoms with E-state index in [0.29, 0.717) is 6.04 Å². The van der Waals surface area contributed by atoms with Crippen molar-refractivity contribution < 1.29 is 0 Å². The summed E-state index contributed by atoms with van der Waals surface area (Å²) >= 11 is 2.05. The molecule has 5 heteroatoms. The first-order chi connectivity index (χ1) is 7.88. The second-order valence-corrected chi connectivity index (χ2v) is 5.94. The first-order valence-electron chi connectivity index (χ1n) is 6.43. The zero-order valence-electron chi connectivity index (χ0n) is 10.6. The summed E-state index contributed by atoms with van der Waals surface area (Å²) in [7, 11) is 1.86. The molecule has 0 aromatic rings. The number of nitrogens with zero attached hydrogens (tertiary/aromatic N) is 1. The minimum absolute atomic E-state index is 0. The Hall–Kier alpha value is 0.350. The quantitative estimate of drug-likeness (QED) is 0.454. The van der Waals surface area contributed by atoms with Gasteiger partial charge in [0.15, 0.2) is 5.96 Å². The Labute approximate surface area is 126 Å². The number of guanidine groups is 1. The van der Waals surface area contributed by atoms with E-state index in [0.717, 1.165) is 18.4 Å². The normalized spacial score (nSPS) is 25.0. The number of aliphatic imine (C=N–C) groups is 1. The van der Waals surface area contributed by atoms with Crippen LogP contribution in [0.1, 0.15) is 32.1 Å². The van der Waals surface area contributed by atoms with Crippen molar-refractivity contribution in [1.82, 2.24) is 10.6 Å². The van der Waals surface area contributed by atoms with Crippen molar-refractivity contribution in [2.75, 3.05) is 25.1 Å². The highest BCUT2D eigenvalue weighted by atomic mass is 127. The number of rotatable bonds is 4. The molecular formula is C12H24IN3S. The third-order valence-corrected chi connectivity index (χ3v) is 4.48. The molecule has 0 amide bonds. The Morgan fingerprint density at radius 1 is 1.35 bits per heavy atom. The second-order valence-electron chi connectivity index (χ2n) is 4.79. The molecule has 1 saturated heterocycles. The highest BCUT2D eigenvalue weighted by molar-refractivity contribution is 14.0. The molecule has 0 bridgehead atoms. The molecule has 1 unspecified atom stereocenters. The molecule has 1 atom stereocenters. The van der Waals surface area contributed by atoms with Gasteiger partial charge in [0, 0.05) is 25.4 Å². The molecule has 3 nitrogen and oxygen atoms in total. The fourth-order valence-corrected chi connectivity index (χ4v) is 3.12. The molecule has 0 aromatic heterocycles. The molecule has 1 aliphatic carbocycles. The van der Waals surface area contributed by atoms with Gasteiger partial charge in [0.2, 0.25) is 0 Å². The van der Waals surface area contributed by atoms with E-state index >= 15 is 0 Å². The lowest BCUT2D eigenvalue weighted by atomic mass is 10.2. The molecule has 1 saturated carbocycles. The van der Waals surface area contributed by atoms with Crippen molar-refractivity contribution in [3.05, 3.63) is 0 Å². The molecule has 100 valence electrons. The van der Waals surface area contributed by atoms with E-state index in [4.69, 9.17) is 0 Å². The van der Waals surface area contributed by atoms with E-state index in [2.05, 4.69) is 15.6 Å². The van der Waals surface area contributed by atoms with Gasteiger partial charge in [0.25, 0.3) is 0 Å². The van der Waals surface area contributed by atoms with Crippen LogP contribution in [0, 0.1) is 5.92 Å². The molecule has 2 N–H and O–H groups in total. The number of hydrogen-bond acceptors (Lipinski definition) is 2. The van der Waals surface area contributed by atoms with Gasteiger partial charge >= 0.3 is 0 Å². The number of thioether (sulfide) groups is 1. The average Bonchev–Trinajstić information content (AvgIpc) is 3.13. The molecular weight excluding hydrogens is 345 g/mol. The van der Waals surface area contributed by atoms with Crippen molar-refractivity contribution in [2.24, 2.45) is 10.9 Å². The lowest BCUT2D eigenvalue weighted by Gasteiger charge is -2.24. The summed E-state index contributed by atoms with van der Waals surface area (Å²) in [6.07, 6.45) is 6.80. The lowest BCUT2D eigenvalue weighted by molar-refractivity contribution is 0.578. The zero-order valence-corrected chi connectivity index (χ0v) is 13.7. The van der Waals surface area contributed by atoms with E-state index in [1.54, 1.807) is 0 Å². The second kappa shape index (κ2) is 8.45. The van der Waals surface area contributed by atoms with Gasteiger partial charge in [-0.15, -0.1) is 24.0 Å². The molecule has 2 fully saturated rings. The molecule has 17 heavy (non-hydrogen) atoms. The summed E-state index contributed by atoms with van der Waals surface area (Å²) < 4.78 is 0. The number of nitrogens with one attached hydrogen (secondary N) is 2. The summed E-state index contributed by atoms with van der Waals surface area (Å²) in [5.41, 5.74) is 0. The van der Waals surface area contributed by atoms with Crippen LogP contribution in [0.5, 0.6) is 0 Å². The number of halogens is 1. The maximum atomic E-state index is 4.28. The molecule has 2 aliphatic rings. The predicted molar refractivity (Wildman–Crippen MR) is 87.6 cm³/mol. The van der Waals surface area contributed by atoms with Gasteiger partial charge in [-0.05, 0) is 30.9 Å². The maximum absolute atomic E-state index is 4.28. The molecule has 1 aliphatic heterocycles. The molecule has 0 spiro atoms. The van der Waals surface area contributed by atoms with E-state index in [1.807, 2.05) is 18.8 Å². The lowest BCUT2D eigenvalue weighted by Crippen LogP contribution is -2.45. The third-order valence-electron chi connectivity index (χ3n) is 3.27. The maximum Gasteiger partial charge on any atom is 0.191 e. The standard InChI is InChI=1S/C12H23N3S.HI/c1-13-12(14-7-6-10-4-5-10)15-11-3-2-8-16-9-11;/h10-11H,2-9H2,1H3,(H2,13,14,15);1H. The number of hydrogen-bond donors (Lipinski definition) is 2. The topological polar surface area (TPSA) is 36.4 Å². The van der Waals surface area contributed by atoms with Crippen molar-refractivity contribution >= 4 is 41.7 Å². The Kier molecular flexibility index (Phi) is 7.66. The molecule has 0 aromatic carbocycles. The highest BCUT2D eigenvalue weighted by Gasteiger charge is 2.20. The summed E-state index contributed by atoms with van der Waals surface area (Å²) in [5, 5.41) is 6.94. The Balaban J connectivity index is 0.00000144. The molecule has 0 radical (unpaired) electrons. The first-order valence-corrected chi connectivity index (χ1v) is 7.59. The zero-order chi connectivity index (χ0) is 11.2. The van der Waals surface area contributed by atoms with Crippen LogP contribution in [-0.4, -0.2) is 37.1 Å². The Morgan fingerprint density at radius 2 is 2.18 bits per heavy atom. The van der Waals surface area contributed by atoms with Gasteiger partial charge in [-0.25, -0.2) is 0 Å². The molecule has 2 rings (SSSR count). The monoisotopic (exact) mass is 369 g/mol. The summed E-state index contributed by atoms with van der Waals surface area (Å²) in [5.74, 6) is 4.54. The van der Waals surface area contributed by atoms with Crippen LogP contribution >= 0.6 is 35.7 Å². The van der Waals surface area contributed by atoms with E-state index in [-0.39, 0.29) is 24.0 Å². The van der Waals surface area contributed by atoms with Crippen molar-refractivity contribution in [3.63, 3.8) is 0 Å². The predicted octanol–water partition coefficient (Wildman–Crippen LogP) is 2.47. The SMILES string of the molecule is CN=C(NCCC1CC1)NC1CCCSC1.I. The summed E-state index contributed by atoms with van der Waals surface area (Å²) in [6, 6.07) is 0.617. The van der Waals surface area contributed by atoms with Gasteiger partial charge in [-0.3, -0.25) is 4.99 Å². The van der Waals surface area contributed by atoms with Crippen molar-refractivity contribution in [2.45, 2.75) is 38.1 Å². The van der Waals surface area contributed by atoms with Gasteiger partial charge in [-0.2, -0.15) is 11.8 Å². The first kappa shape index (κ1) is 15.4. The van der Waals surface area contributed by atoms with Crippen LogP contribution in [0.2, 0.25) is 0 Å². The van der Waals surface area contributed by atoms with Crippen LogP contribution < -0.4 is 10.6 Å². The van der Waals surface area contributed by atoms with Crippen LogP contribution in [0.15, 0.2) is 4.99 Å². The van der Waals surface area contributed by atoms with Crippen LogP contribution in [-0.2, 0) is 0 Å². The van der Waals surface area contributed by atoms with Crippen molar-refractivity contribution in [1.29, 1.82) is 0 Å². The van der Waals surface area contributed by atoms with Crippen LogP contribution in [0.25, 0.3) is 0 Å². The Bertz CT molecular complexity index is 238. The van der Waals surface area contributed by atoms with Crippen LogP contribution in [0.4, 0.5) is 0 Å². The van der Waals surface area contributed by atoms with Gasteiger partial charge in [0.1, 0.15) is 0 Å². The fraction of sp³-hybridized carbons (Fsp3) is 0.917. The largest absolute Gasteiger partial charge is 0.356 e. The summed E-state index contributed by atoms with van der Waals surface area (Å²) in [6.45, 7) is 1.07. The average molecular weight is 369 g/mol. The van der Waals surface area contributed by atoms with Gasteiger partial charge in [-0.1, -0.05) is 12.8 Å². The molecule has 1 heterocycles. The van der Waals surface area contributed by atoms with Gasteiger partial charge in [0.05, 0.1) is 0 Å². The highest BCUT2D eigenvalue weighted by Crippen LogP contribution is 2.31. The smallest absolute Gasteiger partial charge is 0.191 e. The van der Waals surface area contributed by atoms with E-state index < -0.39 is 0 Å². The van der Waals surface area contributed by atoms with Gasteiger partial charge < -0.3 is 10.6 Å². The minimum atomic E-state index is 0. The minimum Gasteiger partial charge on any atom is -0.356 e. The van der Waals surface area contributed by atoms with Crippen LogP contribution in [0.3, 0.4) is 0 Å². The summed E-state index contributed by atoms with van der Waals surface area (Å²) in [4.78, 5) is 4.28.